The van der Waals surface area contributed by atoms with Crippen molar-refractivity contribution in [1.29, 1.82) is 0 Å². The van der Waals surface area contributed by atoms with Crippen LogP contribution in [0.1, 0.15) is 35.7 Å². The number of H-pyrrole nitrogens is 1. The summed E-state index contributed by atoms with van der Waals surface area (Å²) < 4.78 is 42.9. The summed E-state index contributed by atoms with van der Waals surface area (Å²) in [5.74, 6) is 0.821. The van der Waals surface area contributed by atoms with Gasteiger partial charge in [-0.25, -0.2) is 17.5 Å². The monoisotopic (exact) mass is 471 g/mol. The highest BCUT2D eigenvalue weighted by atomic mass is 35.5. The van der Waals surface area contributed by atoms with E-state index in [0.29, 0.717) is 23.7 Å². The van der Waals surface area contributed by atoms with Crippen LogP contribution in [-0.2, 0) is 21.2 Å². The molecule has 0 spiro atoms. The molecular formula is C23H19ClFN3O3S. The van der Waals surface area contributed by atoms with Crippen LogP contribution in [0.5, 0.6) is 0 Å². The minimum Gasteiger partial charge on any atom is -0.356 e. The molecular weight excluding hydrogens is 453 g/mol. The lowest BCUT2D eigenvalue weighted by Gasteiger charge is -2.35. The summed E-state index contributed by atoms with van der Waals surface area (Å²) in [5, 5.41) is 1.47. The van der Waals surface area contributed by atoms with Gasteiger partial charge in [-0.3, -0.25) is 4.79 Å². The van der Waals surface area contributed by atoms with Crippen LogP contribution in [0.4, 0.5) is 4.39 Å². The number of carbonyl (C=O) groups is 1. The number of aromatic amines is 1. The number of halogens is 2. The zero-order valence-corrected chi connectivity index (χ0v) is 18.4. The summed E-state index contributed by atoms with van der Waals surface area (Å²) in [6.45, 7) is 0.295. The lowest BCUT2D eigenvalue weighted by molar-refractivity contribution is -0.127. The van der Waals surface area contributed by atoms with Crippen LogP contribution in [0.2, 0.25) is 5.02 Å². The van der Waals surface area contributed by atoms with E-state index in [1.165, 1.54) is 17.0 Å². The Kier molecular flexibility index (Phi) is 5.01. The fraction of sp³-hybridized carbons (Fsp3) is 0.261. The van der Waals surface area contributed by atoms with E-state index in [4.69, 9.17) is 18.0 Å². The predicted octanol–water partition coefficient (Wildman–Crippen LogP) is 3.51. The second-order valence-corrected chi connectivity index (χ2v) is 10.2. The van der Waals surface area contributed by atoms with Crippen molar-refractivity contribution in [3.8, 4) is 12.3 Å². The molecule has 1 atom stereocenters. The Morgan fingerprint density at radius 3 is 2.72 bits per heavy atom. The molecule has 0 saturated heterocycles. The fourth-order valence-corrected chi connectivity index (χ4v) is 5.76. The van der Waals surface area contributed by atoms with Crippen LogP contribution in [0.25, 0.3) is 10.9 Å². The maximum atomic E-state index is 15.4. The molecule has 2 heterocycles. The van der Waals surface area contributed by atoms with Gasteiger partial charge in [0, 0.05) is 39.8 Å². The minimum absolute atomic E-state index is 0.0921. The van der Waals surface area contributed by atoms with Gasteiger partial charge in [-0.2, -0.15) is 0 Å². The van der Waals surface area contributed by atoms with Gasteiger partial charge in [0.25, 0.3) is 5.91 Å². The van der Waals surface area contributed by atoms with Crippen molar-refractivity contribution in [3.05, 3.63) is 64.1 Å². The molecule has 1 aliphatic carbocycles. The van der Waals surface area contributed by atoms with E-state index in [2.05, 4.69) is 15.6 Å². The smallest absolute Gasteiger partial charge is 0.299 e. The number of sulfonamides is 1. The Morgan fingerprint density at radius 1 is 1.25 bits per heavy atom. The molecule has 1 aromatic heterocycles. The molecule has 1 aliphatic heterocycles. The fourth-order valence-electron chi connectivity index (χ4n) is 4.27. The largest absolute Gasteiger partial charge is 0.356 e. The van der Waals surface area contributed by atoms with Crippen molar-refractivity contribution in [1.82, 2.24) is 14.6 Å². The number of hydrogen-bond acceptors (Lipinski definition) is 3. The van der Waals surface area contributed by atoms with E-state index in [-0.39, 0.29) is 16.5 Å². The van der Waals surface area contributed by atoms with Gasteiger partial charge in [-0.1, -0.05) is 17.7 Å². The van der Waals surface area contributed by atoms with E-state index in [1.54, 1.807) is 6.07 Å². The van der Waals surface area contributed by atoms with E-state index < -0.39 is 27.8 Å². The number of carbonyl (C=O) groups excluding carboxylic acids is 1. The minimum atomic E-state index is -3.81. The van der Waals surface area contributed by atoms with Gasteiger partial charge in [0.05, 0.1) is 4.90 Å². The third-order valence-electron chi connectivity index (χ3n) is 5.95. The zero-order valence-electron chi connectivity index (χ0n) is 16.9. The average molecular weight is 472 g/mol. The molecule has 2 aliphatic rings. The highest BCUT2D eigenvalue weighted by Gasteiger charge is 2.36. The Labute approximate surface area is 189 Å². The number of nitrogens with zero attached hydrogens (tertiary/aromatic N) is 1. The van der Waals surface area contributed by atoms with Crippen molar-refractivity contribution in [3.63, 3.8) is 0 Å². The van der Waals surface area contributed by atoms with Gasteiger partial charge < -0.3 is 9.88 Å². The third kappa shape index (κ3) is 3.56. The number of nitrogens with one attached hydrogen (secondary N) is 2. The third-order valence-corrected chi connectivity index (χ3v) is 7.70. The van der Waals surface area contributed by atoms with Crippen molar-refractivity contribution < 1.29 is 17.6 Å². The molecule has 1 fully saturated rings. The molecule has 32 heavy (non-hydrogen) atoms. The highest BCUT2D eigenvalue weighted by molar-refractivity contribution is 7.89. The summed E-state index contributed by atoms with van der Waals surface area (Å²) in [6.07, 6.45) is 7.46. The number of rotatable bonds is 4. The first-order valence-electron chi connectivity index (χ1n) is 10.2. The maximum absolute atomic E-state index is 15.4. The summed E-state index contributed by atoms with van der Waals surface area (Å²) in [4.78, 5) is 17.1. The first-order valence-corrected chi connectivity index (χ1v) is 12.0. The van der Waals surface area contributed by atoms with Crippen LogP contribution in [0.15, 0.2) is 41.3 Å². The summed E-state index contributed by atoms with van der Waals surface area (Å²) in [7, 11) is -3.81. The van der Waals surface area contributed by atoms with Crippen molar-refractivity contribution in [2.24, 2.45) is 0 Å². The standard InChI is InChI=1S/C23H19ClFN3O3S/c1-2-21(29)28-10-9-16-18-11-13(24)3-8-20(18)26-22(16)23(28)17-7-6-15(12-19(17)25)32(30,31)27-14-4-5-14/h1,3,6-8,11-12,14,23,26-27H,4-5,9-10H2/t23-/m0/s1. The topological polar surface area (TPSA) is 82.3 Å². The van der Waals surface area contributed by atoms with Crippen LogP contribution in [0, 0.1) is 18.2 Å². The number of terminal acetylenes is 1. The van der Waals surface area contributed by atoms with Gasteiger partial charge in [-0.15, -0.1) is 6.42 Å². The Balaban J connectivity index is 1.63. The van der Waals surface area contributed by atoms with Gasteiger partial charge in [0.15, 0.2) is 0 Å². The van der Waals surface area contributed by atoms with Crippen LogP contribution in [-0.4, -0.2) is 36.8 Å². The van der Waals surface area contributed by atoms with Crippen molar-refractivity contribution in [2.75, 3.05) is 6.54 Å². The summed E-state index contributed by atoms with van der Waals surface area (Å²) in [5.41, 5.74) is 2.55. The Hall–Kier alpha value is -2.86. The number of benzene rings is 2. The second kappa shape index (κ2) is 7.62. The average Bonchev–Trinajstić information content (AvgIpc) is 3.49. The number of aromatic nitrogens is 1. The molecule has 0 unspecified atom stereocenters. The first-order chi connectivity index (χ1) is 15.3. The van der Waals surface area contributed by atoms with E-state index in [0.717, 1.165) is 35.4 Å². The van der Waals surface area contributed by atoms with Crippen LogP contribution < -0.4 is 4.72 Å². The second-order valence-electron chi connectivity index (χ2n) is 8.08. The van der Waals surface area contributed by atoms with Crippen LogP contribution >= 0.6 is 11.6 Å². The van der Waals surface area contributed by atoms with Crippen molar-refractivity contribution >= 4 is 38.4 Å². The summed E-state index contributed by atoms with van der Waals surface area (Å²) in [6, 6.07) is 8.26. The highest BCUT2D eigenvalue weighted by Crippen LogP contribution is 2.40. The molecule has 0 radical (unpaired) electrons. The van der Waals surface area contributed by atoms with Crippen LogP contribution in [0.3, 0.4) is 0 Å². The molecule has 2 N–H and O–H groups in total. The van der Waals surface area contributed by atoms with Gasteiger partial charge in [-0.05, 0) is 61.1 Å². The Morgan fingerprint density at radius 2 is 2.03 bits per heavy atom. The zero-order chi connectivity index (χ0) is 22.6. The van der Waals surface area contributed by atoms with E-state index in [9.17, 15) is 13.2 Å². The number of fused-ring (bicyclic) bond motifs is 3. The first kappa shape index (κ1) is 21.0. The molecule has 0 bridgehead atoms. The van der Waals surface area contributed by atoms with Gasteiger partial charge in [0.1, 0.15) is 11.9 Å². The maximum Gasteiger partial charge on any atom is 0.299 e. The van der Waals surface area contributed by atoms with Gasteiger partial charge >= 0.3 is 0 Å². The van der Waals surface area contributed by atoms with Gasteiger partial charge in [0.2, 0.25) is 10.0 Å². The number of amides is 1. The normalized spacial score (nSPS) is 18.4. The molecule has 3 aromatic rings. The quantitative estimate of drug-likeness (QED) is 0.571. The Bertz CT molecular complexity index is 1410. The molecule has 164 valence electrons. The van der Waals surface area contributed by atoms with Crippen molar-refractivity contribution in [2.45, 2.75) is 36.2 Å². The molecule has 5 rings (SSSR count). The lowest BCUT2D eigenvalue weighted by atomic mass is 9.92. The van der Waals surface area contributed by atoms with E-state index in [1.807, 2.05) is 12.1 Å². The molecule has 1 amide bonds. The molecule has 2 aromatic carbocycles. The molecule has 6 nitrogen and oxygen atoms in total. The summed E-state index contributed by atoms with van der Waals surface area (Å²) >= 11 is 6.17. The van der Waals surface area contributed by atoms with E-state index >= 15 is 4.39 Å². The lowest BCUT2D eigenvalue weighted by Crippen LogP contribution is -2.40. The SMILES string of the molecule is C#CC(=O)N1CCc2c([nH]c3ccc(Cl)cc23)[C@@H]1c1ccc(S(=O)(=O)NC2CC2)cc1F. The number of hydrogen-bond donors (Lipinski definition) is 2. The molecule has 1 saturated carbocycles. The molecule has 9 heteroatoms. The predicted molar refractivity (Wildman–Crippen MR) is 119 cm³/mol.